The van der Waals surface area contributed by atoms with E-state index in [-0.39, 0.29) is 4.45 Å². The number of alkyl halides is 2. The van der Waals surface area contributed by atoms with Gasteiger partial charge in [-0.1, -0.05) is 55.7 Å². The zero-order valence-electron chi connectivity index (χ0n) is 5.48. The van der Waals surface area contributed by atoms with Crippen LogP contribution in [-0.4, -0.2) is 9.78 Å². The van der Waals surface area contributed by atoms with Crippen molar-refractivity contribution in [3.05, 3.63) is 23.8 Å². The third-order valence-corrected chi connectivity index (χ3v) is 2.64. The molecule has 0 radical (unpaired) electrons. The van der Waals surface area contributed by atoms with Crippen molar-refractivity contribution >= 4 is 31.9 Å². The summed E-state index contributed by atoms with van der Waals surface area (Å²) in [4.78, 5) is 0. The van der Waals surface area contributed by atoms with E-state index in [2.05, 4.69) is 37.9 Å². The van der Waals surface area contributed by atoms with Crippen molar-refractivity contribution in [1.29, 1.82) is 0 Å². The number of halogens is 2. The summed E-state index contributed by atoms with van der Waals surface area (Å²) in [5.41, 5.74) is 7.13. The van der Waals surface area contributed by atoms with E-state index in [0.29, 0.717) is 0 Å². The molecule has 10 heavy (non-hydrogen) atoms. The molecule has 3 heteroatoms. The Kier molecular flexibility index (Phi) is 2.72. The Morgan fingerprint density at radius 1 is 1.70 bits per heavy atom. The number of hydrogen-bond donors (Lipinski definition) is 1. The van der Waals surface area contributed by atoms with Gasteiger partial charge in [0, 0.05) is 11.8 Å². The Labute approximate surface area is 77.6 Å². The van der Waals surface area contributed by atoms with E-state index in [0.717, 1.165) is 11.8 Å². The molecule has 2 N–H and O–H groups in total. The van der Waals surface area contributed by atoms with Crippen LogP contribution in [-0.2, 0) is 0 Å². The predicted octanol–water partition coefficient (Wildman–Crippen LogP) is 2.32. The molecule has 0 aliphatic heterocycles. The van der Waals surface area contributed by atoms with Crippen LogP contribution < -0.4 is 5.73 Å². The molecule has 0 amide bonds. The molecular weight excluding hydrogens is 258 g/mol. The Balaban J connectivity index is 2.68. The Morgan fingerprint density at radius 3 is 2.80 bits per heavy atom. The SMILES string of the molecule is NC1(Br)C=CC=C(CBr)C1. The molecule has 1 nitrogen and oxygen atoms in total. The molecule has 0 aromatic carbocycles. The largest absolute Gasteiger partial charge is 0.313 e. The van der Waals surface area contributed by atoms with Gasteiger partial charge in [-0.2, -0.15) is 0 Å². The average molecular weight is 267 g/mol. The second-order valence-electron chi connectivity index (χ2n) is 2.42. The highest BCUT2D eigenvalue weighted by Crippen LogP contribution is 2.26. The van der Waals surface area contributed by atoms with Crippen molar-refractivity contribution in [1.82, 2.24) is 0 Å². The van der Waals surface area contributed by atoms with Gasteiger partial charge in [0.25, 0.3) is 0 Å². The first kappa shape index (κ1) is 8.50. The van der Waals surface area contributed by atoms with Crippen molar-refractivity contribution in [3.8, 4) is 0 Å². The molecule has 1 aliphatic carbocycles. The van der Waals surface area contributed by atoms with E-state index >= 15 is 0 Å². The van der Waals surface area contributed by atoms with Gasteiger partial charge in [-0.25, -0.2) is 0 Å². The lowest BCUT2D eigenvalue weighted by Gasteiger charge is -2.21. The Hall–Kier alpha value is 0.400. The second kappa shape index (κ2) is 3.20. The highest BCUT2D eigenvalue weighted by atomic mass is 79.9. The molecule has 0 fully saturated rings. The number of nitrogens with two attached hydrogens (primary N) is 1. The van der Waals surface area contributed by atoms with Crippen LogP contribution in [0, 0.1) is 0 Å². The molecule has 0 aromatic rings. The summed E-state index contributed by atoms with van der Waals surface area (Å²) in [6.07, 6.45) is 6.91. The minimum Gasteiger partial charge on any atom is -0.313 e. The molecule has 0 aromatic heterocycles. The molecule has 0 heterocycles. The standard InChI is InChI=1S/C7H9Br2N/c8-5-6-2-1-3-7(9,10)4-6/h1-3H,4-5,10H2. The van der Waals surface area contributed by atoms with Gasteiger partial charge in [0.1, 0.15) is 0 Å². The maximum atomic E-state index is 5.81. The third kappa shape index (κ3) is 2.22. The van der Waals surface area contributed by atoms with E-state index < -0.39 is 0 Å². The van der Waals surface area contributed by atoms with Crippen LogP contribution in [0.1, 0.15) is 6.42 Å². The van der Waals surface area contributed by atoms with Crippen LogP contribution in [0.15, 0.2) is 23.8 Å². The van der Waals surface area contributed by atoms with E-state index in [1.165, 1.54) is 5.57 Å². The van der Waals surface area contributed by atoms with Crippen molar-refractivity contribution in [2.75, 3.05) is 5.33 Å². The zero-order valence-corrected chi connectivity index (χ0v) is 8.65. The van der Waals surface area contributed by atoms with Crippen LogP contribution in [0.4, 0.5) is 0 Å². The Bertz CT molecular complexity index is 182. The maximum Gasteiger partial charge on any atom is 0.0943 e. The quantitative estimate of drug-likeness (QED) is 0.572. The van der Waals surface area contributed by atoms with Gasteiger partial charge in [0.05, 0.1) is 4.45 Å². The fourth-order valence-corrected chi connectivity index (χ4v) is 1.80. The summed E-state index contributed by atoms with van der Waals surface area (Å²) < 4.78 is -0.315. The minimum absolute atomic E-state index is 0.315. The molecule has 0 saturated heterocycles. The second-order valence-corrected chi connectivity index (χ2v) is 4.46. The van der Waals surface area contributed by atoms with E-state index in [4.69, 9.17) is 5.73 Å². The van der Waals surface area contributed by atoms with E-state index in [1.807, 2.05) is 12.2 Å². The van der Waals surface area contributed by atoms with Gasteiger partial charge < -0.3 is 5.73 Å². The predicted molar refractivity (Wildman–Crippen MR) is 51.5 cm³/mol. The molecule has 0 bridgehead atoms. The lowest BCUT2D eigenvalue weighted by molar-refractivity contribution is 0.746. The van der Waals surface area contributed by atoms with Crippen LogP contribution in [0.25, 0.3) is 0 Å². The smallest absolute Gasteiger partial charge is 0.0943 e. The van der Waals surface area contributed by atoms with Gasteiger partial charge in [0.2, 0.25) is 0 Å². The lowest BCUT2D eigenvalue weighted by Crippen LogP contribution is -2.31. The van der Waals surface area contributed by atoms with Crippen molar-refractivity contribution < 1.29 is 0 Å². The maximum absolute atomic E-state index is 5.81. The summed E-state index contributed by atoms with van der Waals surface area (Å²) in [6.45, 7) is 0. The van der Waals surface area contributed by atoms with Gasteiger partial charge in [-0.15, -0.1) is 0 Å². The fraction of sp³-hybridized carbons (Fsp3) is 0.429. The first-order chi connectivity index (χ1) is 4.64. The summed E-state index contributed by atoms with van der Waals surface area (Å²) in [5.74, 6) is 0. The minimum atomic E-state index is -0.315. The first-order valence-electron chi connectivity index (χ1n) is 3.05. The monoisotopic (exact) mass is 265 g/mol. The van der Waals surface area contributed by atoms with E-state index in [9.17, 15) is 0 Å². The molecule has 1 rings (SSSR count). The normalized spacial score (nSPS) is 32.1. The highest BCUT2D eigenvalue weighted by Gasteiger charge is 2.20. The van der Waals surface area contributed by atoms with Crippen LogP contribution in [0.2, 0.25) is 0 Å². The first-order valence-corrected chi connectivity index (χ1v) is 4.96. The third-order valence-electron chi connectivity index (χ3n) is 1.37. The van der Waals surface area contributed by atoms with Crippen LogP contribution in [0.5, 0.6) is 0 Å². The topological polar surface area (TPSA) is 26.0 Å². The van der Waals surface area contributed by atoms with Crippen molar-refractivity contribution in [2.45, 2.75) is 10.9 Å². The summed E-state index contributed by atoms with van der Waals surface area (Å²) in [7, 11) is 0. The van der Waals surface area contributed by atoms with Crippen molar-refractivity contribution in [3.63, 3.8) is 0 Å². The Morgan fingerprint density at radius 2 is 2.40 bits per heavy atom. The van der Waals surface area contributed by atoms with Gasteiger partial charge in [0.15, 0.2) is 0 Å². The molecule has 56 valence electrons. The molecule has 1 atom stereocenters. The molecule has 1 aliphatic rings. The van der Waals surface area contributed by atoms with Gasteiger partial charge in [-0.05, 0) is 0 Å². The number of rotatable bonds is 1. The number of hydrogen-bond acceptors (Lipinski definition) is 1. The lowest BCUT2D eigenvalue weighted by atomic mass is 10.0. The molecule has 1 unspecified atom stereocenters. The summed E-state index contributed by atoms with van der Waals surface area (Å²) in [6, 6.07) is 0. The van der Waals surface area contributed by atoms with Crippen molar-refractivity contribution in [2.24, 2.45) is 5.73 Å². The average Bonchev–Trinajstić information content (AvgIpc) is 1.86. The molecular formula is C7H9Br2N. The zero-order chi connectivity index (χ0) is 7.61. The van der Waals surface area contributed by atoms with Gasteiger partial charge >= 0.3 is 0 Å². The van der Waals surface area contributed by atoms with Crippen LogP contribution >= 0.6 is 31.9 Å². The van der Waals surface area contributed by atoms with Gasteiger partial charge in [-0.3, -0.25) is 0 Å². The molecule has 0 spiro atoms. The number of allylic oxidation sites excluding steroid dienone is 2. The fourth-order valence-electron chi connectivity index (χ4n) is 0.902. The highest BCUT2D eigenvalue weighted by molar-refractivity contribution is 9.10. The summed E-state index contributed by atoms with van der Waals surface area (Å²) in [5, 5.41) is 0.905. The summed E-state index contributed by atoms with van der Waals surface area (Å²) >= 11 is 6.79. The molecule has 0 saturated carbocycles. The van der Waals surface area contributed by atoms with E-state index in [1.54, 1.807) is 0 Å². The van der Waals surface area contributed by atoms with Crippen LogP contribution in [0.3, 0.4) is 0 Å².